The minimum atomic E-state index is -0.341. The van der Waals surface area contributed by atoms with E-state index in [1.54, 1.807) is 0 Å². The first kappa shape index (κ1) is 16.8. The van der Waals surface area contributed by atoms with Crippen molar-refractivity contribution < 1.29 is 4.79 Å². The standard InChI is InChI=1S/C13H28N2OS/c1-11(2)10-12(14)13(16)15-8-6-4-5-7-9-17-3/h11-12H,4-10,14H2,1-3H3,(H,15,16)/t12-/m0/s1. The summed E-state index contributed by atoms with van der Waals surface area (Å²) in [5, 5.41) is 2.91. The van der Waals surface area contributed by atoms with Crippen LogP contribution < -0.4 is 11.1 Å². The monoisotopic (exact) mass is 260 g/mol. The maximum atomic E-state index is 11.6. The van der Waals surface area contributed by atoms with E-state index in [-0.39, 0.29) is 11.9 Å². The molecular formula is C13H28N2OS. The van der Waals surface area contributed by atoms with E-state index >= 15 is 0 Å². The second-order valence-corrected chi connectivity index (χ2v) is 5.92. The summed E-state index contributed by atoms with van der Waals surface area (Å²) in [6, 6.07) is -0.341. The minimum absolute atomic E-state index is 0.00261. The zero-order valence-corrected chi connectivity index (χ0v) is 12.3. The largest absolute Gasteiger partial charge is 0.355 e. The fourth-order valence-electron chi connectivity index (χ4n) is 1.68. The molecule has 0 aromatic rings. The van der Waals surface area contributed by atoms with Gasteiger partial charge in [0.25, 0.3) is 0 Å². The highest BCUT2D eigenvalue weighted by Gasteiger charge is 2.13. The molecule has 0 rings (SSSR count). The molecule has 1 atom stereocenters. The highest BCUT2D eigenvalue weighted by atomic mass is 32.2. The van der Waals surface area contributed by atoms with Crippen molar-refractivity contribution in [2.45, 2.75) is 52.0 Å². The van der Waals surface area contributed by atoms with Gasteiger partial charge in [0.15, 0.2) is 0 Å². The highest BCUT2D eigenvalue weighted by Crippen LogP contribution is 2.05. The van der Waals surface area contributed by atoms with Crippen molar-refractivity contribution in [3.8, 4) is 0 Å². The van der Waals surface area contributed by atoms with Gasteiger partial charge in [-0.1, -0.05) is 26.7 Å². The van der Waals surface area contributed by atoms with Crippen LogP contribution in [0.25, 0.3) is 0 Å². The first-order chi connectivity index (χ1) is 8.07. The lowest BCUT2D eigenvalue weighted by molar-refractivity contribution is -0.122. The average Bonchev–Trinajstić information content (AvgIpc) is 2.26. The number of amides is 1. The summed E-state index contributed by atoms with van der Waals surface area (Å²) in [6.07, 6.45) is 7.70. The van der Waals surface area contributed by atoms with Crippen LogP contribution in [-0.4, -0.2) is 30.5 Å². The van der Waals surface area contributed by atoms with E-state index in [2.05, 4.69) is 25.4 Å². The van der Waals surface area contributed by atoms with E-state index in [9.17, 15) is 4.79 Å². The van der Waals surface area contributed by atoms with Crippen LogP contribution in [0.15, 0.2) is 0 Å². The third-order valence-electron chi connectivity index (χ3n) is 2.64. The molecule has 102 valence electrons. The molecule has 0 aliphatic rings. The van der Waals surface area contributed by atoms with Gasteiger partial charge in [-0.25, -0.2) is 0 Å². The molecule has 3 N–H and O–H groups in total. The third kappa shape index (κ3) is 10.6. The van der Waals surface area contributed by atoms with Crippen LogP contribution in [-0.2, 0) is 4.79 Å². The van der Waals surface area contributed by atoms with Crippen molar-refractivity contribution in [3.63, 3.8) is 0 Å². The average molecular weight is 260 g/mol. The summed E-state index contributed by atoms with van der Waals surface area (Å²) in [4.78, 5) is 11.6. The summed E-state index contributed by atoms with van der Waals surface area (Å²) in [5.74, 6) is 1.72. The van der Waals surface area contributed by atoms with Crippen LogP contribution >= 0.6 is 11.8 Å². The van der Waals surface area contributed by atoms with Gasteiger partial charge in [-0.15, -0.1) is 0 Å². The predicted octanol–water partition coefficient (Wildman–Crippen LogP) is 2.40. The Balaban J connectivity index is 3.38. The van der Waals surface area contributed by atoms with Crippen LogP contribution in [0.2, 0.25) is 0 Å². The van der Waals surface area contributed by atoms with Crippen molar-refractivity contribution >= 4 is 17.7 Å². The number of thioether (sulfide) groups is 1. The summed E-state index contributed by atoms with van der Waals surface area (Å²) >= 11 is 1.89. The first-order valence-corrected chi connectivity index (χ1v) is 7.99. The van der Waals surface area contributed by atoms with Gasteiger partial charge in [-0.05, 0) is 37.2 Å². The minimum Gasteiger partial charge on any atom is -0.355 e. The smallest absolute Gasteiger partial charge is 0.236 e. The number of rotatable bonds is 10. The van der Waals surface area contributed by atoms with Crippen molar-refractivity contribution in [2.24, 2.45) is 11.7 Å². The molecule has 0 aliphatic heterocycles. The Labute approximate surface area is 110 Å². The van der Waals surface area contributed by atoms with Gasteiger partial charge in [0.2, 0.25) is 5.91 Å². The molecule has 3 nitrogen and oxygen atoms in total. The van der Waals surface area contributed by atoms with Gasteiger partial charge in [0, 0.05) is 6.54 Å². The lowest BCUT2D eigenvalue weighted by Gasteiger charge is -2.13. The molecule has 4 heteroatoms. The maximum absolute atomic E-state index is 11.6. The normalized spacial score (nSPS) is 12.8. The molecule has 0 aromatic heterocycles. The Morgan fingerprint density at radius 2 is 1.88 bits per heavy atom. The number of hydrogen-bond acceptors (Lipinski definition) is 3. The fourth-order valence-corrected chi connectivity index (χ4v) is 2.18. The van der Waals surface area contributed by atoms with Gasteiger partial charge in [0.05, 0.1) is 6.04 Å². The maximum Gasteiger partial charge on any atom is 0.236 e. The zero-order chi connectivity index (χ0) is 13.1. The number of nitrogens with two attached hydrogens (primary N) is 1. The fraction of sp³-hybridized carbons (Fsp3) is 0.923. The summed E-state index contributed by atoms with van der Waals surface area (Å²) in [5.41, 5.74) is 5.78. The van der Waals surface area contributed by atoms with Gasteiger partial charge >= 0.3 is 0 Å². The Morgan fingerprint density at radius 3 is 2.47 bits per heavy atom. The summed E-state index contributed by atoms with van der Waals surface area (Å²) < 4.78 is 0. The Hall–Kier alpha value is -0.220. The molecule has 17 heavy (non-hydrogen) atoms. The number of carbonyl (C=O) groups excluding carboxylic acids is 1. The number of hydrogen-bond donors (Lipinski definition) is 2. The molecule has 0 saturated carbocycles. The molecule has 0 heterocycles. The summed E-state index contributed by atoms with van der Waals surface area (Å²) in [6.45, 7) is 4.93. The SMILES string of the molecule is CSCCCCCCNC(=O)[C@@H](N)CC(C)C. The van der Waals surface area contributed by atoms with Crippen LogP contribution in [0.5, 0.6) is 0 Å². The van der Waals surface area contributed by atoms with Gasteiger partial charge in [-0.2, -0.15) is 11.8 Å². The lowest BCUT2D eigenvalue weighted by atomic mass is 10.0. The second-order valence-electron chi connectivity index (χ2n) is 4.93. The van der Waals surface area contributed by atoms with Crippen molar-refractivity contribution in [1.82, 2.24) is 5.32 Å². The summed E-state index contributed by atoms with van der Waals surface area (Å²) in [7, 11) is 0. The van der Waals surface area contributed by atoms with Crippen LogP contribution in [0, 0.1) is 5.92 Å². The zero-order valence-electron chi connectivity index (χ0n) is 11.5. The highest BCUT2D eigenvalue weighted by molar-refractivity contribution is 7.98. The van der Waals surface area contributed by atoms with Gasteiger partial charge in [-0.3, -0.25) is 4.79 Å². The molecule has 1 amide bonds. The van der Waals surface area contributed by atoms with E-state index in [0.29, 0.717) is 5.92 Å². The Kier molecular flexibility index (Phi) is 10.8. The molecule has 0 fully saturated rings. The van der Waals surface area contributed by atoms with Crippen LogP contribution in [0.1, 0.15) is 46.0 Å². The molecule has 0 radical (unpaired) electrons. The van der Waals surface area contributed by atoms with Crippen LogP contribution in [0.3, 0.4) is 0 Å². The molecule has 0 aromatic carbocycles. The number of nitrogens with one attached hydrogen (secondary N) is 1. The van der Waals surface area contributed by atoms with E-state index in [1.807, 2.05) is 11.8 Å². The lowest BCUT2D eigenvalue weighted by Crippen LogP contribution is -2.41. The Morgan fingerprint density at radius 1 is 1.24 bits per heavy atom. The quantitative estimate of drug-likeness (QED) is 0.593. The van der Waals surface area contributed by atoms with Crippen LogP contribution in [0.4, 0.5) is 0 Å². The third-order valence-corrected chi connectivity index (χ3v) is 3.33. The number of carbonyl (C=O) groups is 1. The molecule has 0 unspecified atom stereocenters. The van der Waals surface area contributed by atoms with Gasteiger partial charge in [0.1, 0.15) is 0 Å². The van der Waals surface area contributed by atoms with E-state index in [4.69, 9.17) is 5.73 Å². The van der Waals surface area contributed by atoms with E-state index in [0.717, 1.165) is 19.4 Å². The molecular weight excluding hydrogens is 232 g/mol. The van der Waals surface area contributed by atoms with Crippen molar-refractivity contribution in [2.75, 3.05) is 18.6 Å². The first-order valence-electron chi connectivity index (χ1n) is 6.60. The topological polar surface area (TPSA) is 55.1 Å². The Bertz CT molecular complexity index is 198. The molecule has 0 spiro atoms. The molecule has 0 saturated heterocycles. The number of unbranched alkanes of at least 4 members (excludes halogenated alkanes) is 3. The van der Waals surface area contributed by atoms with Crippen molar-refractivity contribution in [3.05, 3.63) is 0 Å². The van der Waals surface area contributed by atoms with Crippen molar-refractivity contribution in [1.29, 1.82) is 0 Å². The molecule has 0 bridgehead atoms. The second kappa shape index (κ2) is 10.9. The van der Waals surface area contributed by atoms with Gasteiger partial charge < -0.3 is 11.1 Å². The van der Waals surface area contributed by atoms with E-state index in [1.165, 1.54) is 25.0 Å². The predicted molar refractivity (Wildman–Crippen MR) is 77.3 cm³/mol. The van der Waals surface area contributed by atoms with E-state index < -0.39 is 0 Å². The molecule has 0 aliphatic carbocycles.